The van der Waals surface area contributed by atoms with Gasteiger partial charge in [0, 0.05) is 18.3 Å². The third-order valence-corrected chi connectivity index (χ3v) is 3.93. The summed E-state index contributed by atoms with van der Waals surface area (Å²) in [7, 11) is 0. The smallest absolute Gasteiger partial charge is 0.0166 e. The van der Waals surface area contributed by atoms with Crippen molar-refractivity contribution in [3.63, 3.8) is 0 Å². The third kappa shape index (κ3) is 2.34. The van der Waals surface area contributed by atoms with Crippen molar-refractivity contribution in [3.8, 4) is 0 Å². The molecule has 2 rings (SSSR count). The summed E-state index contributed by atoms with van der Waals surface area (Å²) >= 11 is 4.19. The summed E-state index contributed by atoms with van der Waals surface area (Å²) in [6, 6.07) is 0.910. The maximum Gasteiger partial charge on any atom is 0.0166 e. The van der Waals surface area contributed by atoms with Crippen LogP contribution < -0.4 is 0 Å². The summed E-state index contributed by atoms with van der Waals surface area (Å²) in [5, 5.41) is 0. The van der Waals surface area contributed by atoms with Crippen molar-refractivity contribution in [1.29, 1.82) is 0 Å². The predicted octanol–water partition coefficient (Wildman–Crippen LogP) is 2.74. The van der Waals surface area contributed by atoms with Crippen LogP contribution in [0.3, 0.4) is 0 Å². The lowest BCUT2D eigenvalue weighted by atomic mass is 9.92. The molecule has 1 heterocycles. The molecule has 2 aliphatic rings. The van der Waals surface area contributed by atoms with E-state index in [4.69, 9.17) is 0 Å². The highest BCUT2D eigenvalue weighted by Crippen LogP contribution is 2.36. The molecule has 0 aromatic carbocycles. The second-order valence-electron chi connectivity index (χ2n) is 4.55. The summed E-state index contributed by atoms with van der Waals surface area (Å²) < 4.78 is 0. The molecule has 14 heavy (non-hydrogen) atoms. The van der Waals surface area contributed by atoms with E-state index >= 15 is 0 Å². The van der Waals surface area contributed by atoms with Gasteiger partial charge in [0.15, 0.2) is 0 Å². The molecule has 2 unspecified atom stereocenters. The van der Waals surface area contributed by atoms with E-state index in [1.807, 2.05) is 0 Å². The molecule has 80 valence electrons. The summed E-state index contributed by atoms with van der Waals surface area (Å²) in [4.78, 5) is 2.68. The van der Waals surface area contributed by atoms with Crippen LogP contribution in [0.5, 0.6) is 0 Å². The molecule has 2 atom stereocenters. The molecule has 0 aromatic heterocycles. The molecule has 1 aliphatic carbocycles. The van der Waals surface area contributed by atoms with Crippen molar-refractivity contribution in [1.82, 2.24) is 4.90 Å². The number of nitrogens with zero attached hydrogens (tertiary/aromatic N) is 1. The zero-order chi connectivity index (χ0) is 9.80. The molecular formula is C12H21NS. The second kappa shape index (κ2) is 5.22. The summed E-state index contributed by atoms with van der Waals surface area (Å²) in [6.45, 7) is 2.47. The van der Waals surface area contributed by atoms with Crippen molar-refractivity contribution < 1.29 is 0 Å². The van der Waals surface area contributed by atoms with Crippen LogP contribution in [0.15, 0.2) is 12.2 Å². The van der Waals surface area contributed by atoms with E-state index in [2.05, 4.69) is 29.7 Å². The van der Waals surface area contributed by atoms with E-state index in [0.29, 0.717) is 0 Å². The molecule has 0 aromatic rings. The van der Waals surface area contributed by atoms with Gasteiger partial charge >= 0.3 is 0 Å². The number of piperidine rings is 1. The highest BCUT2D eigenvalue weighted by molar-refractivity contribution is 7.80. The fourth-order valence-electron chi connectivity index (χ4n) is 3.07. The normalized spacial score (nSPS) is 33.8. The van der Waals surface area contributed by atoms with Gasteiger partial charge in [-0.25, -0.2) is 0 Å². The van der Waals surface area contributed by atoms with Gasteiger partial charge in [0.2, 0.25) is 0 Å². The van der Waals surface area contributed by atoms with E-state index < -0.39 is 0 Å². The van der Waals surface area contributed by atoms with Crippen LogP contribution in [0.25, 0.3) is 0 Å². The monoisotopic (exact) mass is 211 g/mol. The van der Waals surface area contributed by atoms with Crippen LogP contribution in [0.4, 0.5) is 0 Å². The zero-order valence-electron chi connectivity index (χ0n) is 8.86. The quantitative estimate of drug-likeness (QED) is 0.555. The number of hydrogen-bond donors (Lipinski definition) is 1. The third-order valence-electron chi connectivity index (χ3n) is 3.72. The van der Waals surface area contributed by atoms with Gasteiger partial charge in [0.25, 0.3) is 0 Å². The van der Waals surface area contributed by atoms with Crippen molar-refractivity contribution in [3.05, 3.63) is 12.2 Å². The van der Waals surface area contributed by atoms with Gasteiger partial charge in [-0.2, -0.15) is 12.6 Å². The lowest BCUT2D eigenvalue weighted by Gasteiger charge is -2.37. The Hall–Kier alpha value is 0.0500. The van der Waals surface area contributed by atoms with Crippen LogP contribution >= 0.6 is 12.6 Å². The number of rotatable bonds is 3. The largest absolute Gasteiger partial charge is 0.296 e. The molecule has 0 amide bonds. The lowest BCUT2D eigenvalue weighted by Crippen LogP contribution is -2.42. The molecule has 0 bridgehead atoms. The van der Waals surface area contributed by atoms with Gasteiger partial charge in [-0.3, -0.25) is 4.90 Å². The number of thiol groups is 1. The van der Waals surface area contributed by atoms with Crippen molar-refractivity contribution in [2.24, 2.45) is 5.92 Å². The lowest BCUT2D eigenvalue weighted by molar-refractivity contribution is 0.127. The molecular weight excluding hydrogens is 190 g/mol. The molecule has 2 fully saturated rings. The highest BCUT2D eigenvalue weighted by Gasteiger charge is 2.33. The maximum atomic E-state index is 4.19. The molecule has 0 radical (unpaired) electrons. The standard InChI is InChI=1S/C12H21NS/c14-10-2-1-8-13-9-4-6-11-5-3-7-12(11)13/h1-2,11-12,14H,3-10H2. The first kappa shape index (κ1) is 10.6. The van der Waals surface area contributed by atoms with Crippen LogP contribution in [0, 0.1) is 5.92 Å². The Morgan fingerprint density at radius 1 is 1.14 bits per heavy atom. The fourth-order valence-corrected chi connectivity index (χ4v) is 3.22. The first-order chi connectivity index (χ1) is 6.92. The minimum Gasteiger partial charge on any atom is -0.296 e. The van der Waals surface area contributed by atoms with Gasteiger partial charge in [-0.05, 0) is 38.1 Å². The minimum atomic E-state index is 0.877. The summed E-state index contributed by atoms with van der Waals surface area (Å²) in [5.41, 5.74) is 0. The average Bonchev–Trinajstić information content (AvgIpc) is 2.67. The average molecular weight is 211 g/mol. The van der Waals surface area contributed by atoms with Gasteiger partial charge < -0.3 is 0 Å². The van der Waals surface area contributed by atoms with E-state index in [1.54, 1.807) is 0 Å². The van der Waals surface area contributed by atoms with E-state index in [9.17, 15) is 0 Å². The molecule has 1 nitrogen and oxygen atoms in total. The topological polar surface area (TPSA) is 3.24 Å². The van der Waals surface area contributed by atoms with Crippen LogP contribution in [0.2, 0.25) is 0 Å². The zero-order valence-corrected chi connectivity index (χ0v) is 9.76. The Kier molecular flexibility index (Phi) is 3.94. The Morgan fingerprint density at radius 2 is 2.00 bits per heavy atom. The Labute approximate surface area is 93.0 Å². The van der Waals surface area contributed by atoms with E-state index in [1.165, 1.54) is 38.6 Å². The van der Waals surface area contributed by atoms with E-state index in [0.717, 1.165) is 24.3 Å². The predicted molar refractivity (Wildman–Crippen MR) is 64.9 cm³/mol. The molecule has 1 saturated carbocycles. The van der Waals surface area contributed by atoms with Crippen molar-refractivity contribution in [2.45, 2.75) is 38.1 Å². The van der Waals surface area contributed by atoms with Crippen LogP contribution in [-0.4, -0.2) is 29.8 Å². The Morgan fingerprint density at radius 3 is 2.86 bits per heavy atom. The number of likely N-dealkylation sites (tertiary alicyclic amines) is 1. The molecule has 2 heteroatoms. The van der Waals surface area contributed by atoms with Crippen molar-refractivity contribution >= 4 is 12.6 Å². The first-order valence-electron chi connectivity index (χ1n) is 5.91. The Balaban J connectivity index is 1.87. The van der Waals surface area contributed by atoms with Crippen LogP contribution in [0.1, 0.15) is 32.1 Å². The fraction of sp³-hybridized carbons (Fsp3) is 0.833. The molecule has 1 aliphatic heterocycles. The van der Waals surface area contributed by atoms with Crippen molar-refractivity contribution in [2.75, 3.05) is 18.8 Å². The Bertz CT molecular complexity index is 202. The number of fused-ring (bicyclic) bond motifs is 1. The molecule has 0 N–H and O–H groups in total. The van der Waals surface area contributed by atoms with Gasteiger partial charge in [-0.15, -0.1) is 0 Å². The highest BCUT2D eigenvalue weighted by atomic mass is 32.1. The SMILES string of the molecule is SCC=CCN1CCCC2CCCC21. The van der Waals surface area contributed by atoms with Gasteiger partial charge in [0.1, 0.15) is 0 Å². The summed E-state index contributed by atoms with van der Waals surface area (Å²) in [5.74, 6) is 1.90. The minimum absolute atomic E-state index is 0.877. The number of hydrogen-bond acceptors (Lipinski definition) is 2. The first-order valence-corrected chi connectivity index (χ1v) is 6.55. The van der Waals surface area contributed by atoms with Gasteiger partial charge in [0.05, 0.1) is 0 Å². The summed E-state index contributed by atoms with van der Waals surface area (Å²) in [6.07, 6.45) is 11.7. The maximum absolute atomic E-state index is 4.19. The molecule has 0 spiro atoms. The molecule has 1 saturated heterocycles. The van der Waals surface area contributed by atoms with E-state index in [-0.39, 0.29) is 0 Å². The second-order valence-corrected chi connectivity index (χ2v) is 4.91. The van der Waals surface area contributed by atoms with Gasteiger partial charge in [-0.1, -0.05) is 18.6 Å². The van der Waals surface area contributed by atoms with Crippen LogP contribution in [-0.2, 0) is 0 Å².